The summed E-state index contributed by atoms with van der Waals surface area (Å²) in [4.78, 5) is 27.5. The minimum atomic E-state index is -3.77. The number of nitrogens with one attached hydrogen (secondary N) is 1. The van der Waals surface area contributed by atoms with Crippen LogP contribution in [-0.2, 0) is 20.6 Å². The van der Waals surface area contributed by atoms with Gasteiger partial charge in [0.1, 0.15) is 12.2 Å². The molecule has 2 N–H and O–H groups in total. The fourth-order valence-electron chi connectivity index (χ4n) is 3.66. The minimum Gasteiger partial charge on any atom is -0.310 e. The summed E-state index contributed by atoms with van der Waals surface area (Å²) in [5, 5.41) is 15.8. The average molecular weight is 489 g/mol. The molecule has 0 aliphatic carbocycles. The predicted molar refractivity (Wildman–Crippen MR) is 130 cm³/mol. The summed E-state index contributed by atoms with van der Waals surface area (Å²) in [6, 6.07) is 11.9. The molecule has 2 aromatic rings. The van der Waals surface area contributed by atoms with Gasteiger partial charge in [-0.2, -0.15) is 10.3 Å². The Balaban J connectivity index is 1.67. The summed E-state index contributed by atoms with van der Waals surface area (Å²) in [6.07, 6.45) is 2.87. The molecule has 11 nitrogen and oxygen atoms in total. The lowest BCUT2D eigenvalue weighted by Crippen LogP contribution is -2.48. The molecule has 0 atom stereocenters. The lowest BCUT2D eigenvalue weighted by atomic mass is 9.99. The summed E-state index contributed by atoms with van der Waals surface area (Å²) >= 11 is 0. The van der Waals surface area contributed by atoms with Gasteiger partial charge in [0.15, 0.2) is 0 Å². The van der Waals surface area contributed by atoms with Crippen LogP contribution in [0.5, 0.6) is 0 Å². The van der Waals surface area contributed by atoms with Crippen molar-refractivity contribution in [1.29, 1.82) is 0 Å². The molecule has 1 aromatic carbocycles. The summed E-state index contributed by atoms with van der Waals surface area (Å²) in [5.41, 5.74) is 0.847. The van der Waals surface area contributed by atoms with Crippen LogP contribution in [-0.4, -0.2) is 61.9 Å². The molecule has 34 heavy (non-hydrogen) atoms. The number of hydrazone groups is 1. The number of carbonyl (C=O) groups is 1. The number of amides is 1. The van der Waals surface area contributed by atoms with Crippen LogP contribution in [0.4, 0.5) is 5.69 Å². The number of rotatable bonds is 9. The first-order chi connectivity index (χ1) is 16.2. The number of aryl methyl sites for hydroxylation is 1. The standard InChI is InChI=1S/C22H28N6O5S/c1-17-8-9-20(25-34(32,33)16-19-6-4-3-5-7-19)22(30)28(17)26-12-10-18(11-13-26)14-24-27(31)15-21(29)23-2/h3-9,14,18,25,31H,2,10-13,15-16H2,1H3/b24-14+. The monoisotopic (exact) mass is 488 g/mol. The molecular formula is C22H28N6O5S. The molecule has 0 unspecified atom stereocenters. The SMILES string of the molecule is C=NC(=O)CN(O)/N=C/C1CCN(n2c(C)ccc(NS(=O)(=O)Cc3ccccc3)c2=O)CC1. The molecule has 3 rings (SSSR count). The van der Waals surface area contributed by atoms with Crippen molar-refractivity contribution < 1.29 is 18.4 Å². The first-order valence-corrected chi connectivity index (χ1v) is 12.4. The smallest absolute Gasteiger partial charge is 0.293 e. The van der Waals surface area contributed by atoms with E-state index in [1.54, 1.807) is 49.5 Å². The van der Waals surface area contributed by atoms with Gasteiger partial charge in [-0.25, -0.2) is 18.1 Å². The van der Waals surface area contributed by atoms with Crippen molar-refractivity contribution in [2.75, 3.05) is 29.4 Å². The van der Waals surface area contributed by atoms with E-state index in [1.807, 2.05) is 5.01 Å². The number of hydrogen-bond acceptors (Lipinski definition) is 8. The van der Waals surface area contributed by atoms with Crippen molar-refractivity contribution >= 4 is 34.5 Å². The third-order valence-corrected chi connectivity index (χ3v) is 6.62. The maximum Gasteiger partial charge on any atom is 0.293 e. The second-order valence-corrected chi connectivity index (χ2v) is 9.71. The van der Waals surface area contributed by atoms with Gasteiger partial charge >= 0.3 is 0 Å². The summed E-state index contributed by atoms with van der Waals surface area (Å²) in [6.45, 7) is 5.56. The maximum atomic E-state index is 13.1. The highest BCUT2D eigenvalue weighted by Gasteiger charge is 2.22. The highest BCUT2D eigenvalue weighted by Crippen LogP contribution is 2.17. The van der Waals surface area contributed by atoms with E-state index in [1.165, 1.54) is 10.7 Å². The molecule has 12 heteroatoms. The van der Waals surface area contributed by atoms with E-state index in [2.05, 4.69) is 21.5 Å². The molecular weight excluding hydrogens is 460 g/mol. The maximum absolute atomic E-state index is 13.1. The molecule has 0 bridgehead atoms. The van der Waals surface area contributed by atoms with Crippen LogP contribution in [0.25, 0.3) is 0 Å². The van der Waals surface area contributed by atoms with Crippen molar-refractivity contribution in [2.24, 2.45) is 16.0 Å². The Morgan fingerprint density at radius 3 is 2.56 bits per heavy atom. The Bertz CT molecular complexity index is 1200. The van der Waals surface area contributed by atoms with Crippen molar-refractivity contribution in [1.82, 2.24) is 9.85 Å². The molecule has 1 fully saturated rings. The Kier molecular flexibility index (Phi) is 8.18. The first kappa shape index (κ1) is 25.1. The number of anilines is 1. The van der Waals surface area contributed by atoms with E-state index < -0.39 is 21.5 Å². The summed E-state index contributed by atoms with van der Waals surface area (Å²) < 4.78 is 29.1. The number of carbonyl (C=O) groups excluding carboxylic acids is 1. The fourth-order valence-corrected chi connectivity index (χ4v) is 4.86. The second-order valence-electron chi connectivity index (χ2n) is 7.99. The van der Waals surface area contributed by atoms with Crippen LogP contribution < -0.4 is 15.3 Å². The molecule has 2 heterocycles. The minimum absolute atomic E-state index is 0.0124. The van der Waals surface area contributed by atoms with Crippen LogP contribution in [0.3, 0.4) is 0 Å². The number of aliphatic imine (C=N–C) groups is 1. The second kappa shape index (κ2) is 11.1. The first-order valence-electron chi connectivity index (χ1n) is 10.7. The van der Waals surface area contributed by atoms with Crippen molar-refractivity contribution in [3.05, 3.63) is 64.1 Å². The topological polar surface area (TPSA) is 137 Å². The van der Waals surface area contributed by atoms with Gasteiger partial charge in [-0.1, -0.05) is 30.3 Å². The largest absolute Gasteiger partial charge is 0.310 e. The summed E-state index contributed by atoms with van der Waals surface area (Å²) in [5.74, 6) is -0.785. The number of sulfonamides is 1. The van der Waals surface area contributed by atoms with Crippen LogP contribution in [0, 0.1) is 12.8 Å². The number of piperidine rings is 1. The Morgan fingerprint density at radius 1 is 1.24 bits per heavy atom. The molecule has 1 amide bonds. The molecule has 182 valence electrons. The molecule has 1 aromatic heterocycles. The zero-order valence-electron chi connectivity index (χ0n) is 18.9. The Labute approximate surface area is 198 Å². The Morgan fingerprint density at radius 2 is 1.91 bits per heavy atom. The van der Waals surface area contributed by atoms with E-state index in [0.29, 0.717) is 42.4 Å². The van der Waals surface area contributed by atoms with E-state index in [-0.39, 0.29) is 23.9 Å². The van der Waals surface area contributed by atoms with Crippen LogP contribution in [0.15, 0.2) is 57.4 Å². The van der Waals surface area contributed by atoms with Gasteiger partial charge in [0.25, 0.3) is 11.5 Å². The molecule has 0 spiro atoms. The zero-order chi connectivity index (χ0) is 24.7. The van der Waals surface area contributed by atoms with Gasteiger partial charge in [-0.05, 0) is 50.1 Å². The van der Waals surface area contributed by atoms with Gasteiger partial charge in [0.2, 0.25) is 10.0 Å². The average Bonchev–Trinajstić information content (AvgIpc) is 2.80. The predicted octanol–water partition coefficient (Wildman–Crippen LogP) is 1.35. The van der Waals surface area contributed by atoms with E-state index in [9.17, 15) is 23.2 Å². The van der Waals surface area contributed by atoms with Gasteiger partial charge in [-0.3, -0.25) is 19.5 Å². The normalized spacial score (nSPS) is 14.8. The van der Waals surface area contributed by atoms with Crippen molar-refractivity contribution in [3.63, 3.8) is 0 Å². The van der Waals surface area contributed by atoms with Gasteiger partial charge in [0.05, 0.1) is 5.75 Å². The highest BCUT2D eigenvalue weighted by molar-refractivity contribution is 7.91. The fraction of sp³-hybridized carbons (Fsp3) is 0.364. The quantitative estimate of drug-likeness (QED) is 0.402. The number of aromatic nitrogens is 1. The lowest BCUT2D eigenvalue weighted by molar-refractivity contribution is -0.134. The molecule has 1 aliphatic rings. The number of hydrogen-bond donors (Lipinski definition) is 2. The van der Waals surface area contributed by atoms with Crippen LogP contribution in [0.1, 0.15) is 24.1 Å². The molecule has 0 radical (unpaired) electrons. The van der Waals surface area contributed by atoms with Crippen molar-refractivity contribution in [3.8, 4) is 0 Å². The van der Waals surface area contributed by atoms with Gasteiger partial charge < -0.3 is 5.01 Å². The van der Waals surface area contributed by atoms with E-state index in [4.69, 9.17) is 0 Å². The lowest BCUT2D eigenvalue weighted by Gasteiger charge is -2.34. The van der Waals surface area contributed by atoms with Gasteiger partial charge in [0, 0.05) is 25.0 Å². The summed E-state index contributed by atoms with van der Waals surface area (Å²) in [7, 11) is -3.77. The van der Waals surface area contributed by atoms with Crippen molar-refractivity contribution in [2.45, 2.75) is 25.5 Å². The van der Waals surface area contributed by atoms with E-state index in [0.717, 1.165) is 0 Å². The zero-order valence-corrected chi connectivity index (χ0v) is 19.7. The highest BCUT2D eigenvalue weighted by atomic mass is 32.2. The molecule has 1 saturated heterocycles. The third-order valence-electron chi connectivity index (χ3n) is 5.38. The number of hydroxylamine groups is 1. The molecule has 1 aliphatic heterocycles. The molecule has 0 saturated carbocycles. The Hall–Kier alpha value is -3.51. The van der Waals surface area contributed by atoms with Gasteiger partial charge in [-0.15, -0.1) is 0 Å². The number of benzene rings is 1. The number of pyridine rings is 1. The number of nitrogens with zero attached hydrogens (tertiary/aromatic N) is 5. The van der Waals surface area contributed by atoms with Crippen LogP contribution >= 0.6 is 0 Å². The third kappa shape index (κ3) is 6.75. The van der Waals surface area contributed by atoms with Crippen LogP contribution in [0.2, 0.25) is 0 Å². The van der Waals surface area contributed by atoms with E-state index >= 15 is 0 Å².